The first-order chi connectivity index (χ1) is 10.0. The molecule has 0 saturated heterocycles. The van der Waals surface area contributed by atoms with Crippen LogP contribution in [0.25, 0.3) is 0 Å². The minimum Gasteiger partial charge on any atom is -0.367 e. The number of aryl methyl sites for hydroxylation is 2. The lowest BCUT2D eigenvalue weighted by atomic mass is 9.87. The van der Waals surface area contributed by atoms with E-state index in [4.69, 9.17) is 5.73 Å². The molecular weight excluding hydrogens is 256 g/mol. The van der Waals surface area contributed by atoms with Gasteiger partial charge in [0.1, 0.15) is 0 Å². The number of nitrogens with two attached hydrogens (primary N) is 1. The third-order valence-corrected chi connectivity index (χ3v) is 5.65. The standard InChI is InChI=1S/C19H32N2/c1-5-17-7-6-11-19(14-20,12-10-17)21(4)18-9-8-15(2)13-16(18)3/h8-9,13,17H,5-7,10-12,14,20H2,1-4H3. The second-order valence-corrected chi connectivity index (χ2v) is 6.98. The molecule has 2 atom stereocenters. The average Bonchev–Trinajstić information content (AvgIpc) is 2.69. The molecule has 2 heteroatoms. The Bertz CT molecular complexity index is 469. The fourth-order valence-electron chi connectivity index (χ4n) is 3.98. The first kappa shape index (κ1) is 16.4. The van der Waals surface area contributed by atoms with Gasteiger partial charge < -0.3 is 10.6 Å². The largest absolute Gasteiger partial charge is 0.367 e. The SMILES string of the molecule is CCC1CCCC(CN)(N(C)c2ccc(C)cc2C)CC1. The van der Waals surface area contributed by atoms with Crippen molar-refractivity contribution >= 4 is 5.69 Å². The molecule has 1 aromatic rings. The van der Waals surface area contributed by atoms with Gasteiger partial charge in [0.25, 0.3) is 0 Å². The van der Waals surface area contributed by atoms with Gasteiger partial charge in [0.15, 0.2) is 0 Å². The van der Waals surface area contributed by atoms with Gasteiger partial charge in [-0.3, -0.25) is 0 Å². The van der Waals surface area contributed by atoms with Crippen LogP contribution in [0.15, 0.2) is 18.2 Å². The van der Waals surface area contributed by atoms with E-state index in [1.807, 2.05) is 0 Å². The molecule has 0 aliphatic heterocycles. The summed E-state index contributed by atoms with van der Waals surface area (Å²) in [4.78, 5) is 2.49. The molecule has 0 amide bonds. The molecule has 1 saturated carbocycles. The van der Waals surface area contributed by atoms with E-state index in [9.17, 15) is 0 Å². The Morgan fingerprint density at radius 3 is 2.62 bits per heavy atom. The molecule has 21 heavy (non-hydrogen) atoms. The number of nitrogens with zero attached hydrogens (tertiary/aromatic N) is 1. The van der Waals surface area contributed by atoms with Crippen molar-refractivity contribution in [3.63, 3.8) is 0 Å². The molecular formula is C19H32N2. The van der Waals surface area contributed by atoms with Crippen molar-refractivity contribution < 1.29 is 0 Å². The maximum Gasteiger partial charge on any atom is 0.0521 e. The highest BCUT2D eigenvalue weighted by atomic mass is 15.2. The van der Waals surface area contributed by atoms with Gasteiger partial charge in [-0.25, -0.2) is 0 Å². The summed E-state index contributed by atoms with van der Waals surface area (Å²) in [6.07, 6.45) is 7.77. The van der Waals surface area contributed by atoms with Gasteiger partial charge >= 0.3 is 0 Å². The van der Waals surface area contributed by atoms with E-state index in [1.165, 1.54) is 55.3 Å². The van der Waals surface area contributed by atoms with Crippen molar-refractivity contribution in [2.24, 2.45) is 11.7 Å². The molecule has 0 aromatic heterocycles. The van der Waals surface area contributed by atoms with Crippen LogP contribution in [-0.2, 0) is 0 Å². The highest BCUT2D eigenvalue weighted by molar-refractivity contribution is 5.56. The van der Waals surface area contributed by atoms with E-state index in [0.29, 0.717) is 0 Å². The number of benzene rings is 1. The van der Waals surface area contributed by atoms with Gasteiger partial charge in [-0.15, -0.1) is 0 Å². The van der Waals surface area contributed by atoms with E-state index in [2.05, 4.69) is 50.9 Å². The fourth-order valence-corrected chi connectivity index (χ4v) is 3.98. The Hall–Kier alpha value is -1.02. The van der Waals surface area contributed by atoms with Crippen LogP contribution >= 0.6 is 0 Å². The predicted molar refractivity (Wildman–Crippen MR) is 93.0 cm³/mol. The number of anilines is 1. The molecule has 2 rings (SSSR count). The van der Waals surface area contributed by atoms with E-state index >= 15 is 0 Å². The Morgan fingerprint density at radius 2 is 2.00 bits per heavy atom. The Kier molecular flexibility index (Phi) is 5.32. The van der Waals surface area contributed by atoms with E-state index in [1.54, 1.807) is 0 Å². The maximum absolute atomic E-state index is 6.27. The third-order valence-electron chi connectivity index (χ3n) is 5.65. The van der Waals surface area contributed by atoms with Crippen LogP contribution in [0.1, 0.15) is 56.6 Å². The summed E-state index contributed by atoms with van der Waals surface area (Å²) in [6.45, 7) is 7.46. The number of hydrogen-bond acceptors (Lipinski definition) is 2. The monoisotopic (exact) mass is 288 g/mol. The lowest BCUT2D eigenvalue weighted by molar-refractivity contribution is 0.352. The van der Waals surface area contributed by atoms with Crippen molar-refractivity contribution in [1.29, 1.82) is 0 Å². The van der Waals surface area contributed by atoms with E-state index in [-0.39, 0.29) is 5.54 Å². The molecule has 0 radical (unpaired) electrons. The maximum atomic E-state index is 6.27. The lowest BCUT2D eigenvalue weighted by Gasteiger charge is -2.43. The normalized spacial score (nSPS) is 26.4. The van der Waals surface area contributed by atoms with Crippen molar-refractivity contribution in [3.8, 4) is 0 Å². The molecule has 2 unspecified atom stereocenters. The molecule has 1 aliphatic carbocycles. The van der Waals surface area contributed by atoms with Crippen LogP contribution in [0, 0.1) is 19.8 Å². The highest BCUT2D eigenvalue weighted by Crippen LogP contribution is 2.38. The summed E-state index contributed by atoms with van der Waals surface area (Å²) < 4.78 is 0. The van der Waals surface area contributed by atoms with Crippen LogP contribution in [-0.4, -0.2) is 19.1 Å². The smallest absolute Gasteiger partial charge is 0.0521 e. The first-order valence-corrected chi connectivity index (χ1v) is 8.53. The van der Waals surface area contributed by atoms with Crippen LogP contribution in [0.5, 0.6) is 0 Å². The molecule has 0 spiro atoms. The Morgan fingerprint density at radius 1 is 1.24 bits per heavy atom. The molecule has 2 N–H and O–H groups in total. The predicted octanol–water partition coefficient (Wildman–Crippen LogP) is 4.43. The van der Waals surface area contributed by atoms with Gasteiger partial charge in [0.05, 0.1) is 5.54 Å². The summed E-state index contributed by atoms with van der Waals surface area (Å²) in [5.74, 6) is 0.894. The topological polar surface area (TPSA) is 29.3 Å². The number of rotatable bonds is 4. The van der Waals surface area contributed by atoms with Gasteiger partial charge in [0, 0.05) is 19.3 Å². The van der Waals surface area contributed by atoms with Gasteiger partial charge in [-0.2, -0.15) is 0 Å². The van der Waals surface area contributed by atoms with Crippen molar-refractivity contribution in [3.05, 3.63) is 29.3 Å². The number of hydrogen-bond donors (Lipinski definition) is 1. The molecule has 1 fully saturated rings. The zero-order valence-corrected chi connectivity index (χ0v) is 14.3. The first-order valence-electron chi connectivity index (χ1n) is 8.53. The number of likely N-dealkylation sites (N-methyl/N-ethyl adjacent to an activating group) is 1. The Balaban J connectivity index is 2.26. The zero-order valence-electron chi connectivity index (χ0n) is 14.3. The lowest BCUT2D eigenvalue weighted by Crippen LogP contribution is -2.52. The molecule has 0 bridgehead atoms. The molecule has 118 valence electrons. The van der Waals surface area contributed by atoms with Crippen molar-refractivity contribution in [2.45, 2.75) is 64.8 Å². The van der Waals surface area contributed by atoms with Gasteiger partial charge in [-0.05, 0) is 50.7 Å². The zero-order chi connectivity index (χ0) is 15.5. The van der Waals surface area contributed by atoms with Crippen LogP contribution in [0.3, 0.4) is 0 Å². The summed E-state index contributed by atoms with van der Waals surface area (Å²) in [5, 5.41) is 0. The van der Waals surface area contributed by atoms with Crippen molar-refractivity contribution in [1.82, 2.24) is 0 Å². The third kappa shape index (κ3) is 3.42. The molecule has 0 heterocycles. The highest BCUT2D eigenvalue weighted by Gasteiger charge is 2.36. The molecule has 2 nitrogen and oxygen atoms in total. The summed E-state index contributed by atoms with van der Waals surface area (Å²) in [6, 6.07) is 6.76. The second kappa shape index (κ2) is 6.83. The molecule has 1 aromatic carbocycles. The van der Waals surface area contributed by atoms with E-state index in [0.717, 1.165) is 12.5 Å². The van der Waals surface area contributed by atoms with Crippen LogP contribution in [0.4, 0.5) is 5.69 Å². The van der Waals surface area contributed by atoms with Crippen LogP contribution < -0.4 is 10.6 Å². The van der Waals surface area contributed by atoms with Gasteiger partial charge in [-0.1, -0.05) is 43.9 Å². The second-order valence-electron chi connectivity index (χ2n) is 6.98. The van der Waals surface area contributed by atoms with E-state index < -0.39 is 0 Å². The molecule has 1 aliphatic rings. The Labute approximate surface area is 130 Å². The summed E-state index contributed by atoms with van der Waals surface area (Å²) in [7, 11) is 2.25. The fraction of sp³-hybridized carbons (Fsp3) is 0.684. The minimum atomic E-state index is 0.143. The quantitative estimate of drug-likeness (QED) is 0.831. The van der Waals surface area contributed by atoms with Crippen LogP contribution in [0.2, 0.25) is 0 Å². The van der Waals surface area contributed by atoms with Gasteiger partial charge in [0.2, 0.25) is 0 Å². The summed E-state index contributed by atoms with van der Waals surface area (Å²) in [5.41, 5.74) is 10.5. The average molecular weight is 288 g/mol. The summed E-state index contributed by atoms with van der Waals surface area (Å²) >= 11 is 0. The van der Waals surface area contributed by atoms with Crippen molar-refractivity contribution in [2.75, 3.05) is 18.5 Å². The minimum absolute atomic E-state index is 0.143.